The van der Waals surface area contributed by atoms with Crippen molar-refractivity contribution in [3.05, 3.63) is 0 Å². The molecule has 0 nitrogen and oxygen atoms in total. The average molecular weight is 196 g/mol. The molecule has 0 aromatic carbocycles. The molecule has 0 aromatic heterocycles. The standard InChI is InChI=1S/C14H28/c1-5-13(6-2)9-11-14(7-3,8-4)12-10-13/h5-12H2,1-4H3. The van der Waals surface area contributed by atoms with Crippen LogP contribution >= 0.6 is 0 Å². The lowest BCUT2D eigenvalue weighted by Crippen LogP contribution is -2.33. The van der Waals surface area contributed by atoms with E-state index in [1.807, 2.05) is 0 Å². The highest BCUT2D eigenvalue weighted by atomic mass is 14.4. The highest BCUT2D eigenvalue weighted by molar-refractivity contribution is 4.90. The third kappa shape index (κ3) is 2.15. The predicted octanol–water partition coefficient (Wildman–Crippen LogP) is 5.17. The third-order valence-electron chi connectivity index (χ3n) is 5.37. The van der Waals surface area contributed by atoms with Crippen molar-refractivity contribution >= 4 is 0 Å². The van der Waals surface area contributed by atoms with Gasteiger partial charge in [-0.2, -0.15) is 0 Å². The first-order valence-electron chi connectivity index (χ1n) is 6.66. The molecular weight excluding hydrogens is 168 g/mol. The molecule has 0 N–H and O–H groups in total. The van der Waals surface area contributed by atoms with Crippen molar-refractivity contribution in [2.24, 2.45) is 10.8 Å². The lowest BCUT2D eigenvalue weighted by Gasteiger charge is -2.45. The Bertz CT molecular complexity index is 129. The molecule has 1 fully saturated rings. The van der Waals surface area contributed by atoms with Crippen LogP contribution in [0.25, 0.3) is 0 Å². The topological polar surface area (TPSA) is 0 Å². The van der Waals surface area contributed by atoms with Gasteiger partial charge in [0.25, 0.3) is 0 Å². The highest BCUT2D eigenvalue weighted by Gasteiger charge is 2.38. The zero-order valence-corrected chi connectivity index (χ0v) is 10.7. The maximum absolute atomic E-state index is 2.38. The molecule has 0 bridgehead atoms. The lowest BCUT2D eigenvalue weighted by molar-refractivity contribution is 0.0628. The maximum Gasteiger partial charge on any atom is -0.0302 e. The molecule has 0 aromatic rings. The summed E-state index contributed by atoms with van der Waals surface area (Å²) < 4.78 is 0. The Morgan fingerprint density at radius 1 is 0.571 bits per heavy atom. The van der Waals surface area contributed by atoms with Gasteiger partial charge >= 0.3 is 0 Å². The summed E-state index contributed by atoms with van der Waals surface area (Å²) in [5.41, 5.74) is 1.43. The molecule has 0 spiro atoms. The molecular formula is C14H28. The zero-order chi connectivity index (χ0) is 10.7. The first-order chi connectivity index (χ1) is 6.66. The van der Waals surface area contributed by atoms with Gasteiger partial charge in [-0.15, -0.1) is 0 Å². The minimum absolute atomic E-state index is 0.716. The van der Waals surface area contributed by atoms with Gasteiger partial charge in [0, 0.05) is 0 Å². The van der Waals surface area contributed by atoms with Crippen LogP contribution < -0.4 is 0 Å². The minimum Gasteiger partial charge on any atom is -0.0649 e. The van der Waals surface area contributed by atoms with Gasteiger partial charge in [0.1, 0.15) is 0 Å². The van der Waals surface area contributed by atoms with E-state index in [2.05, 4.69) is 27.7 Å². The van der Waals surface area contributed by atoms with Gasteiger partial charge in [-0.3, -0.25) is 0 Å². The Morgan fingerprint density at radius 2 is 0.786 bits per heavy atom. The monoisotopic (exact) mass is 196 g/mol. The van der Waals surface area contributed by atoms with Crippen molar-refractivity contribution in [3.63, 3.8) is 0 Å². The molecule has 1 aliphatic carbocycles. The van der Waals surface area contributed by atoms with Gasteiger partial charge in [0.2, 0.25) is 0 Å². The van der Waals surface area contributed by atoms with Crippen LogP contribution in [0.5, 0.6) is 0 Å². The average Bonchev–Trinajstić information content (AvgIpc) is 2.29. The molecule has 84 valence electrons. The normalized spacial score (nSPS) is 24.9. The van der Waals surface area contributed by atoms with E-state index in [-0.39, 0.29) is 0 Å². The Labute approximate surface area is 90.5 Å². The van der Waals surface area contributed by atoms with Gasteiger partial charge in [0.15, 0.2) is 0 Å². The molecule has 14 heavy (non-hydrogen) atoms. The fraction of sp³-hybridized carbons (Fsp3) is 1.00. The number of hydrogen-bond donors (Lipinski definition) is 0. The van der Waals surface area contributed by atoms with Crippen LogP contribution in [0.4, 0.5) is 0 Å². The molecule has 0 saturated heterocycles. The fourth-order valence-corrected chi connectivity index (χ4v) is 3.22. The summed E-state index contributed by atoms with van der Waals surface area (Å²) in [7, 11) is 0. The molecule has 0 aliphatic heterocycles. The van der Waals surface area contributed by atoms with Gasteiger partial charge < -0.3 is 0 Å². The van der Waals surface area contributed by atoms with Crippen LogP contribution in [-0.2, 0) is 0 Å². The molecule has 0 heteroatoms. The largest absolute Gasteiger partial charge is 0.0649 e. The molecule has 0 unspecified atom stereocenters. The van der Waals surface area contributed by atoms with Crippen molar-refractivity contribution in [1.82, 2.24) is 0 Å². The molecule has 1 rings (SSSR count). The quantitative estimate of drug-likeness (QED) is 0.581. The van der Waals surface area contributed by atoms with E-state index in [4.69, 9.17) is 0 Å². The zero-order valence-electron chi connectivity index (χ0n) is 10.7. The first-order valence-corrected chi connectivity index (χ1v) is 6.66. The summed E-state index contributed by atoms with van der Waals surface area (Å²) >= 11 is 0. The molecule has 0 atom stereocenters. The number of hydrogen-bond acceptors (Lipinski definition) is 0. The molecule has 0 amide bonds. The van der Waals surface area contributed by atoms with E-state index in [1.165, 1.54) is 51.4 Å². The van der Waals surface area contributed by atoms with Crippen molar-refractivity contribution < 1.29 is 0 Å². The molecule has 0 radical (unpaired) electrons. The summed E-state index contributed by atoms with van der Waals surface area (Å²) in [4.78, 5) is 0. The summed E-state index contributed by atoms with van der Waals surface area (Å²) in [6.45, 7) is 9.53. The number of rotatable bonds is 4. The van der Waals surface area contributed by atoms with Crippen molar-refractivity contribution in [2.75, 3.05) is 0 Å². The van der Waals surface area contributed by atoms with E-state index >= 15 is 0 Å². The smallest absolute Gasteiger partial charge is 0.0302 e. The Hall–Kier alpha value is 0. The van der Waals surface area contributed by atoms with Gasteiger partial charge in [-0.05, 0) is 36.5 Å². The third-order valence-corrected chi connectivity index (χ3v) is 5.37. The summed E-state index contributed by atoms with van der Waals surface area (Å²) in [5, 5.41) is 0. The van der Waals surface area contributed by atoms with E-state index < -0.39 is 0 Å². The summed E-state index contributed by atoms with van der Waals surface area (Å²) in [5.74, 6) is 0. The molecule has 0 heterocycles. The van der Waals surface area contributed by atoms with Crippen LogP contribution in [0.1, 0.15) is 79.1 Å². The molecule has 1 saturated carbocycles. The second kappa shape index (κ2) is 4.68. The fourth-order valence-electron chi connectivity index (χ4n) is 3.22. The second-order valence-electron chi connectivity index (χ2n) is 5.41. The maximum atomic E-state index is 2.38. The lowest BCUT2D eigenvalue weighted by atomic mass is 9.60. The van der Waals surface area contributed by atoms with E-state index in [9.17, 15) is 0 Å². The Morgan fingerprint density at radius 3 is 0.929 bits per heavy atom. The van der Waals surface area contributed by atoms with Crippen LogP contribution in [0, 0.1) is 10.8 Å². The van der Waals surface area contributed by atoms with Crippen LogP contribution in [-0.4, -0.2) is 0 Å². The van der Waals surface area contributed by atoms with E-state index in [0.29, 0.717) is 10.8 Å². The van der Waals surface area contributed by atoms with Gasteiger partial charge in [0.05, 0.1) is 0 Å². The van der Waals surface area contributed by atoms with E-state index in [1.54, 1.807) is 0 Å². The summed E-state index contributed by atoms with van der Waals surface area (Å²) in [6.07, 6.45) is 11.5. The Kier molecular flexibility index (Phi) is 4.04. The molecule has 1 aliphatic rings. The SMILES string of the molecule is CCC1(CC)CCC(CC)(CC)CC1. The van der Waals surface area contributed by atoms with Gasteiger partial charge in [-0.25, -0.2) is 0 Å². The van der Waals surface area contributed by atoms with Crippen molar-refractivity contribution in [2.45, 2.75) is 79.1 Å². The summed E-state index contributed by atoms with van der Waals surface area (Å²) in [6, 6.07) is 0. The predicted molar refractivity (Wildman–Crippen MR) is 64.5 cm³/mol. The second-order valence-corrected chi connectivity index (χ2v) is 5.41. The van der Waals surface area contributed by atoms with Crippen LogP contribution in [0.3, 0.4) is 0 Å². The van der Waals surface area contributed by atoms with E-state index in [0.717, 1.165) is 0 Å². The van der Waals surface area contributed by atoms with Gasteiger partial charge in [-0.1, -0.05) is 53.4 Å². The first kappa shape index (κ1) is 12.1. The van der Waals surface area contributed by atoms with Crippen LogP contribution in [0.2, 0.25) is 0 Å². The minimum atomic E-state index is 0.716. The Balaban J connectivity index is 2.59. The van der Waals surface area contributed by atoms with Crippen molar-refractivity contribution in [3.8, 4) is 0 Å². The van der Waals surface area contributed by atoms with Crippen LogP contribution in [0.15, 0.2) is 0 Å². The highest BCUT2D eigenvalue weighted by Crippen LogP contribution is 2.51. The van der Waals surface area contributed by atoms with Crippen molar-refractivity contribution in [1.29, 1.82) is 0 Å².